The lowest BCUT2D eigenvalue weighted by molar-refractivity contribution is 0.104. The molecule has 1 aromatic carbocycles. The minimum Gasteiger partial charge on any atom is -0.289 e. The van der Waals surface area contributed by atoms with Gasteiger partial charge in [0.15, 0.2) is 15.6 Å². The normalized spacial score (nSPS) is 15.7. The van der Waals surface area contributed by atoms with Crippen LogP contribution in [0.15, 0.2) is 46.8 Å². The van der Waals surface area contributed by atoms with E-state index in [0.717, 1.165) is 17.2 Å². The largest absolute Gasteiger partial charge is 0.289 e. The second-order valence-corrected chi connectivity index (χ2v) is 7.02. The molecule has 100 valence electrons. The van der Waals surface area contributed by atoms with Gasteiger partial charge in [-0.15, -0.1) is 11.8 Å². The Bertz CT molecular complexity index is 619. The molecule has 0 spiro atoms. The number of aliphatic imine (C=N–C) groups is 1. The number of ketones is 1. The number of benzene rings is 1. The summed E-state index contributed by atoms with van der Waals surface area (Å²) in [5.41, 5.74) is 0.474. The van der Waals surface area contributed by atoms with Crippen LogP contribution in [0, 0.1) is 0 Å². The molecule has 1 aliphatic heterocycles. The van der Waals surface area contributed by atoms with Crippen molar-refractivity contribution in [2.24, 2.45) is 4.99 Å². The molecule has 2 rings (SSSR count). The van der Waals surface area contributed by atoms with Gasteiger partial charge >= 0.3 is 0 Å². The SMILES string of the molecule is O=C(/C=C/S(=O)(=O)CC1=NCCS1)c1ccccc1. The van der Waals surface area contributed by atoms with E-state index >= 15 is 0 Å². The average Bonchev–Trinajstić information content (AvgIpc) is 2.89. The Kier molecular flexibility index (Phi) is 4.55. The summed E-state index contributed by atoms with van der Waals surface area (Å²) in [7, 11) is -3.42. The van der Waals surface area contributed by atoms with E-state index in [4.69, 9.17) is 0 Å². The van der Waals surface area contributed by atoms with Crippen LogP contribution in [0.5, 0.6) is 0 Å². The highest BCUT2D eigenvalue weighted by Gasteiger charge is 2.15. The van der Waals surface area contributed by atoms with Gasteiger partial charge < -0.3 is 0 Å². The Hall–Kier alpha value is -1.40. The van der Waals surface area contributed by atoms with Crippen molar-refractivity contribution in [3.63, 3.8) is 0 Å². The molecule has 1 aliphatic rings. The minimum absolute atomic E-state index is 0.115. The fraction of sp³-hybridized carbons (Fsp3) is 0.231. The van der Waals surface area contributed by atoms with Gasteiger partial charge in [-0.3, -0.25) is 9.79 Å². The maximum atomic E-state index is 11.8. The van der Waals surface area contributed by atoms with E-state index in [2.05, 4.69) is 4.99 Å². The van der Waals surface area contributed by atoms with Crippen LogP contribution in [-0.2, 0) is 9.84 Å². The van der Waals surface area contributed by atoms with Gasteiger partial charge in [0.25, 0.3) is 0 Å². The molecule has 0 amide bonds. The number of hydrogen-bond donors (Lipinski definition) is 0. The van der Waals surface area contributed by atoms with Crippen molar-refractivity contribution in [1.29, 1.82) is 0 Å². The lowest BCUT2D eigenvalue weighted by Crippen LogP contribution is -2.10. The van der Waals surface area contributed by atoms with Crippen LogP contribution >= 0.6 is 11.8 Å². The number of sulfone groups is 1. The van der Waals surface area contributed by atoms with Gasteiger partial charge in [0.05, 0.1) is 5.04 Å². The van der Waals surface area contributed by atoms with E-state index in [1.807, 2.05) is 0 Å². The third-order valence-electron chi connectivity index (χ3n) is 2.46. The first kappa shape index (κ1) is 14.0. The maximum absolute atomic E-state index is 11.8. The zero-order chi connectivity index (χ0) is 13.7. The predicted octanol–water partition coefficient (Wildman–Crippen LogP) is 1.94. The van der Waals surface area contributed by atoms with Crippen molar-refractivity contribution in [3.8, 4) is 0 Å². The molecule has 0 saturated heterocycles. The Morgan fingerprint density at radius 3 is 2.68 bits per heavy atom. The monoisotopic (exact) mass is 295 g/mol. The van der Waals surface area contributed by atoms with Gasteiger partial charge in [0.1, 0.15) is 5.75 Å². The third kappa shape index (κ3) is 4.33. The van der Waals surface area contributed by atoms with Crippen LogP contribution in [0.3, 0.4) is 0 Å². The summed E-state index contributed by atoms with van der Waals surface area (Å²) in [6, 6.07) is 8.57. The smallest absolute Gasteiger partial charge is 0.186 e. The van der Waals surface area contributed by atoms with Gasteiger partial charge in [0.2, 0.25) is 0 Å². The molecule has 0 aliphatic carbocycles. The Morgan fingerprint density at radius 1 is 1.32 bits per heavy atom. The second-order valence-electron chi connectivity index (χ2n) is 3.96. The molecule has 1 aromatic rings. The first-order chi connectivity index (χ1) is 9.07. The maximum Gasteiger partial charge on any atom is 0.186 e. The molecule has 0 saturated carbocycles. The van der Waals surface area contributed by atoms with Crippen molar-refractivity contribution in [2.45, 2.75) is 0 Å². The summed E-state index contributed by atoms with van der Waals surface area (Å²) in [5, 5.41) is 1.60. The molecule has 0 bridgehead atoms. The molecule has 4 nitrogen and oxygen atoms in total. The van der Waals surface area contributed by atoms with Crippen molar-refractivity contribution < 1.29 is 13.2 Å². The average molecular weight is 295 g/mol. The number of thioether (sulfide) groups is 1. The molecular weight excluding hydrogens is 282 g/mol. The number of carbonyl (C=O) groups excluding carboxylic acids is 1. The molecule has 0 aromatic heterocycles. The van der Waals surface area contributed by atoms with E-state index in [9.17, 15) is 13.2 Å². The summed E-state index contributed by atoms with van der Waals surface area (Å²) in [5.74, 6) is 0.401. The third-order valence-corrected chi connectivity index (χ3v) is 4.86. The Labute approximate surface area is 116 Å². The van der Waals surface area contributed by atoms with Crippen molar-refractivity contribution in [2.75, 3.05) is 18.1 Å². The summed E-state index contributed by atoms with van der Waals surface area (Å²) in [6.07, 6.45) is 1.10. The fourth-order valence-corrected chi connectivity index (χ4v) is 3.84. The van der Waals surface area contributed by atoms with Crippen molar-refractivity contribution >= 4 is 32.4 Å². The molecular formula is C13H13NO3S2. The highest BCUT2D eigenvalue weighted by molar-refractivity contribution is 8.15. The quantitative estimate of drug-likeness (QED) is 0.615. The van der Waals surface area contributed by atoms with Gasteiger partial charge in [-0.2, -0.15) is 0 Å². The van der Waals surface area contributed by atoms with E-state index in [1.54, 1.807) is 30.3 Å². The van der Waals surface area contributed by atoms with Crippen LogP contribution in [-0.4, -0.2) is 37.3 Å². The molecule has 1 heterocycles. The number of hydrogen-bond acceptors (Lipinski definition) is 5. The summed E-state index contributed by atoms with van der Waals surface area (Å²) in [4.78, 5) is 15.8. The molecule has 19 heavy (non-hydrogen) atoms. The molecule has 6 heteroatoms. The lowest BCUT2D eigenvalue weighted by Gasteiger charge is -1.98. The van der Waals surface area contributed by atoms with E-state index in [-0.39, 0.29) is 11.5 Å². The number of allylic oxidation sites excluding steroid dienone is 1. The minimum atomic E-state index is -3.42. The Morgan fingerprint density at radius 2 is 2.05 bits per heavy atom. The molecule has 0 radical (unpaired) electrons. The molecule has 0 N–H and O–H groups in total. The summed E-state index contributed by atoms with van der Waals surface area (Å²) < 4.78 is 23.6. The van der Waals surface area contributed by atoms with Gasteiger partial charge in [-0.1, -0.05) is 30.3 Å². The topological polar surface area (TPSA) is 63.6 Å². The highest BCUT2D eigenvalue weighted by Crippen LogP contribution is 2.14. The summed E-state index contributed by atoms with van der Waals surface area (Å²) in [6.45, 7) is 0.669. The zero-order valence-corrected chi connectivity index (χ0v) is 11.8. The molecule has 0 unspecified atom stereocenters. The standard InChI is InChI=1S/C13H13NO3S2/c15-12(11-4-2-1-3-5-11)6-9-19(16,17)10-13-14-7-8-18-13/h1-6,9H,7-8,10H2/b9-6+. The van der Waals surface area contributed by atoms with Gasteiger partial charge in [-0.05, 0) is 6.08 Å². The fourth-order valence-electron chi connectivity index (χ4n) is 1.55. The number of nitrogens with zero attached hydrogens (tertiary/aromatic N) is 1. The van der Waals surface area contributed by atoms with Crippen LogP contribution < -0.4 is 0 Å². The zero-order valence-electron chi connectivity index (χ0n) is 10.2. The van der Waals surface area contributed by atoms with Gasteiger partial charge in [-0.25, -0.2) is 8.42 Å². The lowest BCUT2D eigenvalue weighted by atomic mass is 10.1. The van der Waals surface area contributed by atoms with Gasteiger partial charge in [0, 0.05) is 23.3 Å². The summed E-state index contributed by atoms with van der Waals surface area (Å²) >= 11 is 1.45. The van der Waals surface area contributed by atoms with Crippen LogP contribution in [0.2, 0.25) is 0 Å². The number of rotatable bonds is 5. The first-order valence-corrected chi connectivity index (χ1v) is 8.43. The van der Waals surface area contributed by atoms with Crippen LogP contribution in [0.4, 0.5) is 0 Å². The second kappa shape index (κ2) is 6.16. The highest BCUT2D eigenvalue weighted by atomic mass is 32.2. The molecule has 0 atom stereocenters. The van der Waals surface area contributed by atoms with Crippen molar-refractivity contribution in [1.82, 2.24) is 0 Å². The van der Waals surface area contributed by atoms with E-state index in [0.29, 0.717) is 17.2 Å². The number of carbonyl (C=O) groups is 1. The van der Waals surface area contributed by atoms with E-state index in [1.165, 1.54) is 11.8 Å². The van der Waals surface area contributed by atoms with Crippen LogP contribution in [0.1, 0.15) is 10.4 Å². The van der Waals surface area contributed by atoms with E-state index < -0.39 is 9.84 Å². The predicted molar refractivity (Wildman–Crippen MR) is 78.5 cm³/mol. The van der Waals surface area contributed by atoms with Crippen LogP contribution in [0.25, 0.3) is 0 Å². The van der Waals surface area contributed by atoms with Crippen molar-refractivity contribution in [3.05, 3.63) is 47.4 Å². The molecule has 0 fully saturated rings. The first-order valence-electron chi connectivity index (χ1n) is 5.73. The Balaban J connectivity index is 2.03.